The molecular formula is C16H14F3NO4S. The molecule has 0 aliphatic carbocycles. The Morgan fingerprint density at radius 2 is 1.56 bits per heavy atom. The average Bonchev–Trinajstić information content (AvgIpc) is 2.54. The Balaban J connectivity index is 2.51. The molecule has 2 rings (SSSR count). The van der Waals surface area contributed by atoms with Crippen molar-refractivity contribution in [1.82, 2.24) is 4.31 Å². The molecule has 2 aromatic carbocycles. The minimum atomic E-state index is -4.88. The predicted octanol–water partition coefficient (Wildman–Crippen LogP) is 2.98. The summed E-state index contributed by atoms with van der Waals surface area (Å²) in [6.45, 7) is -1.31. The molecule has 0 saturated heterocycles. The van der Waals surface area contributed by atoms with Crippen molar-refractivity contribution in [3.63, 3.8) is 0 Å². The molecule has 0 fully saturated rings. The van der Waals surface area contributed by atoms with Crippen LogP contribution in [0.4, 0.5) is 13.2 Å². The maximum Gasteiger partial charge on any atom is 0.417 e. The summed E-state index contributed by atoms with van der Waals surface area (Å²) in [6.07, 6.45) is -4.88. The molecule has 1 N–H and O–H groups in total. The molecule has 0 aliphatic heterocycles. The predicted molar refractivity (Wildman–Crippen MR) is 83.1 cm³/mol. The molecule has 134 valence electrons. The molecule has 9 heteroatoms. The van der Waals surface area contributed by atoms with E-state index >= 15 is 0 Å². The van der Waals surface area contributed by atoms with E-state index in [1.165, 1.54) is 0 Å². The zero-order valence-corrected chi connectivity index (χ0v) is 13.6. The van der Waals surface area contributed by atoms with Gasteiger partial charge in [-0.25, -0.2) is 8.42 Å². The van der Waals surface area contributed by atoms with E-state index in [-0.39, 0.29) is 6.54 Å². The van der Waals surface area contributed by atoms with Crippen LogP contribution in [0.15, 0.2) is 59.5 Å². The summed E-state index contributed by atoms with van der Waals surface area (Å²) in [6, 6.07) is 11.7. The number of hydrogen-bond acceptors (Lipinski definition) is 3. The van der Waals surface area contributed by atoms with Gasteiger partial charge in [0, 0.05) is 6.54 Å². The number of benzene rings is 2. The van der Waals surface area contributed by atoms with Gasteiger partial charge in [-0.3, -0.25) is 4.79 Å². The lowest BCUT2D eigenvalue weighted by Gasteiger charge is -2.22. The summed E-state index contributed by atoms with van der Waals surface area (Å²) in [4.78, 5) is 10.1. The third-order valence-corrected chi connectivity index (χ3v) is 5.17. The molecule has 0 radical (unpaired) electrons. The lowest BCUT2D eigenvalue weighted by Crippen LogP contribution is -2.36. The number of carboxylic acids is 1. The lowest BCUT2D eigenvalue weighted by molar-refractivity contribution is -0.140. The number of nitrogens with zero attached hydrogens (tertiary/aromatic N) is 1. The van der Waals surface area contributed by atoms with Crippen molar-refractivity contribution in [2.45, 2.75) is 17.6 Å². The fourth-order valence-corrected chi connectivity index (χ4v) is 3.82. The van der Waals surface area contributed by atoms with Gasteiger partial charge < -0.3 is 5.11 Å². The van der Waals surface area contributed by atoms with Gasteiger partial charge in [0.05, 0.1) is 10.5 Å². The lowest BCUT2D eigenvalue weighted by atomic mass is 10.2. The maximum atomic E-state index is 13.1. The normalized spacial score (nSPS) is 12.3. The van der Waals surface area contributed by atoms with Gasteiger partial charge in [-0.05, 0) is 17.7 Å². The van der Waals surface area contributed by atoms with Crippen molar-refractivity contribution in [2.24, 2.45) is 0 Å². The van der Waals surface area contributed by atoms with Gasteiger partial charge in [0.2, 0.25) is 10.0 Å². The van der Waals surface area contributed by atoms with Crippen molar-refractivity contribution in [2.75, 3.05) is 6.54 Å². The highest BCUT2D eigenvalue weighted by molar-refractivity contribution is 7.89. The van der Waals surface area contributed by atoms with E-state index in [1.54, 1.807) is 30.3 Å². The number of alkyl halides is 3. The Labute approximate surface area is 142 Å². The van der Waals surface area contributed by atoms with Crippen LogP contribution in [0, 0.1) is 0 Å². The van der Waals surface area contributed by atoms with Gasteiger partial charge >= 0.3 is 12.1 Å². The number of aliphatic carboxylic acids is 1. The number of hydrogen-bond donors (Lipinski definition) is 1. The number of sulfonamides is 1. The summed E-state index contributed by atoms with van der Waals surface area (Å²) in [5.74, 6) is -1.47. The van der Waals surface area contributed by atoms with Crippen LogP contribution in [0.5, 0.6) is 0 Å². The number of carbonyl (C=O) groups is 1. The first kappa shape index (κ1) is 18.9. The fourth-order valence-electron chi connectivity index (χ4n) is 2.23. The van der Waals surface area contributed by atoms with Crippen molar-refractivity contribution >= 4 is 16.0 Å². The van der Waals surface area contributed by atoms with Crippen LogP contribution >= 0.6 is 0 Å². The molecule has 25 heavy (non-hydrogen) atoms. The Morgan fingerprint density at radius 3 is 2.12 bits per heavy atom. The molecule has 0 saturated carbocycles. The molecule has 0 amide bonds. The van der Waals surface area contributed by atoms with Crippen LogP contribution in [-0.4, -0.2) is 30.3 Å². The Hall–Kier alpha value is -2.39. The van der Waals surface area contributed by atoms with Gasteiger partial charge in [-0.2, -0.15) is 17.5 Å². The first-order valence-electron chi connectivity index (χ1n) is 7.04. The molecule has 0 unspecified atom stereocenters. The molecule has 0 bridgehead atoms. The summed E-state index contributed by atoms with van der Waals surface area (Å²) < 4.78 is 65.3. The number of carboxylic acid groups (broad SMARTS) is 1. The first-order chi connectivity index (χ1) is 11.6. The van der Waals surface area contributed by atoms with Crippen molar-refractivity contribution in [3.05, 3.63) is 65.7 Å². The average molecular weight is 373 g/mol. The third kappa shape index (κ3) is 4.58. The van der Waals surface area contributed by atoms with E-state index < -0.39 is 39.2 Å². The Bertz CT molecular complexity index is 851. The maximum absolute atomic E-state index is 13.1. The molecule has 0 aliphatic rings. The van der Waals surface area contributed by atoms with Crippen LogP contribution < -0.4 is 0 Å². The standard InChI is InChI=1S/C16H14F3NO4S/c17-16(18,19)13-8-4-5-9-14(13)25(23,24)20(11-15(21)22)10-12-6-2-1-3-7-12/h1-9H,10-11H2,(H,21,22). The van der Waals surface area contributed by atoms with Crippen LogP contribution in [0.25, 0.3) is 0 Å². The fraction of sp³-hybridized carbons (Fsp3) is 0.188. The van der Waals surface area contributed by atoms with E-state index in [0.29, 0.717) is 15.9 Å². The summed E-state index contributed by atoms with van der Waals surface area (Å²) in [5.41, 5.74) is -0.879. The number of rotatable bonds is 6. The smallest absolute Gasteiger partial charge is 0.417 e. The largest absolute Gasteiger partial charge is 0.480 e. The molecule has 0 atom stereocenters. The molecule has 0 spiro atoms. The van der Waals surface area contributed by atoms with Crippen LogP contribution in [0.2, 0.25) is 0 Å². The van der Waals surface area contributed by atoms with Crippen molar-refractivity contribution < 1.29 is 31.5 Å². The molecule has 2 aromatic rings. The van der Waals surface area contributed by atoms with Crippen LogP contribution in [0.1, 0.15) is 11.1 Å². The second kappa shape index (κ2) is 7.24. The van der Waals surface area contributed by atoms with Crippen LogP contribution in [-0.2, 0) is 27.5 Å². The highest BCUT2D eigenvalue weighted by Crippen LogP contribution is 2.35. The van der Waals surface area contributed by atoms with E-state index in [9.17, 15) is 26.4 Å². The van der Waals surface area contributed by atoms with Crippen molar-refractivity contribution in [3.8, 4) is 0 Å². The number of halogens is 3. The topological polar surface area (TPSA) is 74.7 Å². The molecule has 0 heterocycles. The Kier molecular flexibility index (Phi) is 5.48. The van der Waals surface area contributed by atoms with Gasteiger partial charge in [0.25, 0.3) is 0 Å². The SMILES string of the molecule is O=C(O)CN(Cc1ccccc1)S(=O)(=O)c1ccccc1C(F)(F)F. The molecule has 5 nitrogen and oxygen atoms in total. The van der Waals surface area contributed by atoms with E-state index in [2.05, 4.69) is 0 Å². The van der Waals surface area contributed by atoms with E-state index in [0.717, 1.165) is 18.2 Å². The van der Waals surface area contributed by atoms with Gasteiger partial charge in [-0.1, -0.05) is 42.5 Å². The highest BCUT2D eigenvalue weighted by atomic mass is 32.2. The first-order valence-corrected chi connectivity index (χ1v) is 8.48. The minimum Gasteiger partial charge on any atom is -0.480 e. The third-order valence-electron chi connectivity index (χ3n) is 3.32. The highest BCUT2D eigenvalue weighted by Gasteiger charge is 2.39. The molecular weight excluding hydrogens is 359 g/mol. The minimum absolute atomic E-state index is 0.359. The Morgan fingerprint density at radius 1 is 1.00 bits per heavy atom. The van der Waals surface area contributed by atoms with Crippen molar-refractivity contribution in [1.29, 1.82) is 0 Å². The molecule has 0 aromatic heterocycles. The zero-order chi connectivity index (χ0) is 18.7. The van der Waals surface area contributed by atoms with Crippen LogP contribution in [0.3, 0.4) is 0 Å². The summed E-state index contributed by atoms with van der Waals surface area (Å²) >= 11 is 0. The zero-order valence-electron chi connectivity index (χ0n) is 12.8. The van der Waals surface area contributed by atoms with Gasteiger partial charge in [-0.15, -0.1) is 0 Å². The van der Waals surface area contributed by atoms with E-state index in [1.807, 2.05) is 0 Å². The monoisotopic (exact) mass is 373 g/mol. The van der Waals surface area contributed by atoms with Gasteiger partial charge in [0.1, 0.15) is 6.54 Å². The summed E-state index contributed by atoms with van der Waals surface area (Å²) in [5, 5.41) is 8.97. The second-order valence-electron chi connectivity index (χ2n) is 5.15. The summed E-state index contributed by atoms with van der Waals surface area (Å²) in [7, 11) is -4.68. The van der Waals surface area contributed by atoms with E-state index in [4.69, 9.17) is 5.11 Å². The van der Waals surface area contributed by atoms with Gasteiger partial charge in [0.15, 0.2) is 0 Å². The second-order valence-corrected chi connectivity index (χ2v) is 7.05. The quantitative estimate of drug-likeness (QED) is 0.845.